The van der Waals surface area contributed by atoms with Crippen molar-refractivity contribution in [3.05, 3.63) is 57.1 Å². The van der Waals surface area contributed by atoms with Crippen molar-refractivity contribution in [1.29, 1.82) is 0 Å². The van der Waals surface area contributed by atoms with Crippen molar-refractivity contribution in [3.63, 3.8) is 0 Å². The van der Waals surface area contributed by atoms with E-state index in [1.807, 2.05) is 0 Å². The molecule has 1 saturated heterocycles. The van der Waals surface area contributed by atoms with Crippen molar-refractivity contribution in [1.82, 2.24) is 0 Å². The van der Waals surface area contributed by atoms with Crippen LogP contribution in [0.1, 0.15) is 47.9 Å². The van der Waals surface area contributed by atoms with Crippen LogP contribution in [0, 0.1) is 0 Å². The maximum Gasteiger partial charge on any atom is 0.201 e. The number of allylic oxidation sites excluding steroid dienone is 2. The Bertz CT molecular complexity index is 1180. The van der Waals surface area contributed by atoms with E-state index in [2.05, 4.69) is 5.11 Å². The maximum atomic E-state index is 13.7. The van der Waals surface area contributed by atoms with E-state index in [9.17, 15) is 19.9 Å². The highest BCUT2D eigenvalue weighted by atomic mass is 16.8. The fraction of sp³-hybridized carbons (Fsp3) is 0.435. The van der Waals surface area contributed by atoms with E-state index in [0.717, 1.165) is 0 Å². The third-order valence-corrected chi connectivity index (χ3v) is 6.35. The highest BCUT2D eigenvalue weighted by Crippen LogP contribution is 2.52. The second kappa shape index (κ2) is 6.74. The number of hydrogen-bond donors (Lipinski definition) is 1. The van der Waals surface area contributed by atoms with Crippen molar-refractivity contribution in [2.45, 2.75) is 50.7 Å². The van der Waals surface area contributed by atoms with E-state index in [1.54, 1.807) is 32.9 Å². The molecule has 9 nitrogen and oxygen atoms in total. The molecule has 0 radical (unpaired) electrons. The molecule has 1 aliphatic heterocycles. The number of ether oxygens (including phenoxy) is 4. The van der Waals surface area contributed by atoms with Gasteiger partial charge in [0.25, 0.3) is 0 Å². The molecular weight excluding hydrogens is 416 g/mol. The quantitative estimate of drug-likeness (QED) is 0.549. The monoisotopic (exact) mass is 438 g/mol. The van der Waals surface area contributed by atoms with Gasteiger partial charge in [-0.1, -0.05) is 12.1 Å². The lowest BCUT2D eigenvalue weighted by Gasteiger charge is -2.34. The summed E-state index contributed by atoms with van der Waals surface area (Å²) in [6, 6.07) is 3.60. The lowest BCUT2D eigenvalue weighted by molar-refractivity contribution is -0.504. The van der Waals surface area contributed by atoms with Gasteiger partial charge in [0.1, 0.15) is 17.5 Å². The van der Waals surface area contributed by atoms with Crippen molar-refractivity contribution >= 4 is 17.3 Å². The summed E-state index contributed by atoms with van der Waals surface area (Å²) in [5.74, 6) is -2.10. The number of Topliss-reactive ketones (excluding diaryl/α,β-unsaturated/α-hetero) is 3. The van der Waals surface area contributed by atoms with E-state index in [0.29, 0.717) is 5.57 Å². The third kappa shape index (κ3) is 2.65. The number of nitrogens with zero attached hydrogens (tertiary/aromatic N) is 1. The lowest BCUT2D eigenvalue weighted by Crippen LogP contribution is -2.74. The number of carbonyl (C=O) groups excluding carboxylic acids is 3. The van der Waals surface area contributed by atoms with E-state index < -0.39 is 35.1 Å². The third-order valence-electron chi connectivity index (χ3n) is 6.35. The Morgan fingerprint density at radius 1 is 1.16 bits per heavy atom. The molecule has 1 aromatic carbocycles. The molecule has 1 fully saturated rings. The minimum absolute atomic E-state index is 0.00768. The van der Waals surface area contributed by atoms with E-state index in [1.165, 1.54) is 13.2 Å². The Labute approximate surface area is 183 Å². The number of carbonyl (C=O) groups is 3. The fourth-order valence-electron chi connectivity index (χ4n) is 5.36. The van der Waals surface area contributed by atoms with Gasteiger partial charge in [0.05, 0.1) is 11.1 Å². The van der Waals surface area contributed by atoms with E-state index in [4.69, 9.17) is 18.9 Å². The van der Waals surface area contributed by atoms with E-state index >= 15 is 0 Å². The van der Waals surface area contributed by atoms with Crippen LogP contribution in [0.5, 0.6) is 5.75 Å². The molecule has 1 unspecified atom stereocenters. The molecule has 1 N–H and O–H groups in total. The molecule has 1 heterocycles. The van der Waals surface area contributed by atoms with Crippen LogP contribution in [0.3, 0.4) is 0 Å². The van der Waals surface area contributed by atoms with Crippen LogP contribution in [0.2, 0.25) is 0 Å². The maximum absolute atomic E-state index is 13.7. The summed E-state index contributed by atoms with van der Waals surface area (Å²) < 4.78 is 22.6. The van der Waals surface area contributed by atoms with Crippen LogP contribution in [-0.4, -0.2) is 54.8 Å². The van der Waals surface area contributed by atoms with Crippen LogP contribution in [0.25, 0.3) is 5.53 Å². The SMILES string of the molecule is COCOc1cccc2c1C(=O)C1=C(C2=O)C2=C(C1[NH+]=[N-])[C@H]1OC(C)(C)O[C@@]1(C)CC2=O. The van der Waals surface area contributed by atoms with Gasteiger partial charge in [-0.05, 0) is 26.8 Å². The van der Waals surface area contributed by atoms with Crippen LogP contribution in [0.15, 0.2) is 40.5 Å². The van der Waals surface area contributed by atoms with Crippen molar-refractivity contribution < 1.29 is 38.4 Å². The summed E-state index contributed by atoms with van der Waals surface area (Å²) >= 11 is 0. The van der Waals surface area contributed by atoms with Gasteiger partial charge < -0.3 is 29.6 Å². The number of rotatable bonds is 4. The first-order chi connectivity index (χ1) is 15.1. The lowest BCUT2D eigenvalue weighted by atomic mass is 9.76. The molecule has 0 aromatic heterocycles. The fourth-order valence-corrected chi connectivity index (χ4v) is 5.36. The van der Waals surface area contributed by atoms with Gasteiger partial charge >= 0.3 is 0 Å². The zero-order valence-corrected chi connectivity index (χ0v) is 18.1. The van der Waals surface area contributed by atoms with Crippen LogP contribution in [-0.2, 0) is 19.0 Å². The first kappa shape index (κ1) is 20.9. The number of ketones is 3. The van der Waals surface area contributed by atoms with Gasteiger partial charge in [-0.2, -0.15) is 0 Å². The van der Waals surface area contributed by atoms with Gasteiger partial charge in [-0.25, -0.2) is 0 Å². The topological polar surface area (TPSA) is 124 Å². The molecule has 0 bridgehead atoms. The Kier molecular flexibility index (Phi) is 4.40. The molecule has 3 aliphatic carbocycles. The molecule has 166 valence electrons. The van der Waals surface area contributed by atoms with Crippen LogP contribution < -0.4 is 9.85 Å². The molecule has 0 spiro atoms. The minimum Gasteiger partial charge on any atom is -0.508 e. The van der Waals surface area contributed by atoms with Crippen LogP contribution >= 0.6 is 0 Å². The number of methoxy groups -OCH3 is 1. The Morgan fingerprint density at radius 2 is 1.91 bits per heavy atom. The average molecular weight is 438 g/mol. The van der Waals surface area contributed by atoms with Crippen molar-refractivity contribution in [2.24, 2.45) is 0 Å². The number of hydrogen-bond acceptors (Lipinski definition) is 7. The van der Waals surface area contributed by atoms with Crippen LogP contribution in [0.4, 0.5) is 0 Å². The molecule has 1 aromatic rings. The van der Waals surface area contributed by atoms with Gasteiger partial charge in [0.15, 0.2) is 30.2 Å². The summed E-state index contributed by atoms with van der Waals surface area (Å²) in [6.07, 6.45) is -0.742. The molecule has 4 aliphatic rings. The molecule has 5 rings (SSSR count). The normalized spacial score (nSPS) is 30.2. The smallest absolute Gasteiger partial charge is 0.201 e. The summed E-state index contributed by atoms with van der Waals surface area (Å²) in [5.41, 5.74) is 9.80. The first-order valence-electron chi connectivity index (χ1n) is 10.3. The predicted octanol–water partition coefficient (Wildman–Crippen LogP) is 1.01. The van der Waals surface area contributed by atoms with Crippen molar-refractivity contribution in [2.75, 3.05) is 13.9 Å². The minimum atomic E-state index is -1.09. The molecule has 9 heteroatoms. The zero-order chi connectivity index (χ0) is 23.0. The molecule has 0 saturated carbocycles. The summed E-state index contributed by atoms with van der Waals surface area (Å²) in [6.45, 7) is 5.11. The number of nitrogens with one attached hydrogen (secondary N) is 1. The summed E-state index contributed by atoms with van der Waals surface area (Å²) in [7, 11) is 1.44. The van der Waals surface area contributed by atoms with Gasteiger partial charge in [0, 0.05) is 35.8 Å². The molecule has 3 atom stereocenters. The standard InChI is InChI=1S/C23H22N2O7/c1-22(2)31-21-17-14(11(26)8-23(21,3)32-22)15-16(18(17)25-24)20(28)13-10(19(15)27)6-5-7-12(13)30-9-29-4/h5-7,18,21,25H,8-9H2,1-4H3/t18?,21-,23+/m1/s1. The van der Waals surface area contributed by atoms with Gasteiger partial charge in [-0.3, -0.25) is 14.4 Å². The average Bonchev–Trinajstić information content (AvgIpc) is 3.20. The Morgan fingerprint density at radius 3 is 2.59 bits per heavy atom. The second-order valence-corrected chi connectivity index (χ2v) is 8.98. The van der Waals surface area contributed by atoms with Crippen molar-refractivity contribution in [3.8, 4) is 5.75 Å². The predicted molar refractivity (Wildman–Crippen MR) is 108 cm³/mol. The Balaban J connectivity index is 1.69. The molecule has 0 amide bonds. The number of fused-ring (bicyclic) bond motifs is 4. The van der Waals surface area contributed by atoms with E-state index in [-0.39, 0.29) is 52.6 Å². The van der Waals surface area contributed by atoms with Gasteiger partial charge in [0.2, 0.25) is 5.78 Å². The molecule has 32 heavy (non-hydrogen) atoms. The summed E-state index contributed by atoms with van der Waals surface area (Å²) in [5, 5.41) is 2.14. The van der Waals surface area contributed by atoms with Gasteiger partial charge in [-0.15, -0.1) is 0 Å². The summed E-state index contributed by atoms with van der Waals surface area (Å²) in [4.78, 5) is 40.5. The molecular formula is C23H22N2O7. The highest BCUT2D eigenvalue weighted by Gasteiger charge is 2.62. The Hall–Kier alpha value is -3.01. The highest BCUT2D eigenvalue weighted by molar-refractivity contribution is 6.34. The first-order valence-corrected chi connectivity index (χ1v) is 10.3. The largest absolute Gasteiger partial charge is 0.508 e. The number of benzene rings is 1. The zero-order valence-electron chi connectivity index (χ0n) is 18.1. The second-order valence-electron chi connectivity index (χ2n) is 8.98.